The molecule has 2 rings (SSSR count). The summed E-state index contributed by atoms with van der Waals surface area (Å²) in [7, 11) is 0. The van der Waals surface area contributed by atoms with Gasteiger partial charge < -0.3 is 14.9 Å². The van der Waals surface area contributed by atoms with Gasteiger partial charge in [-0.1, -0.05) is 18.2 Å². The van der Waals surface area contributed by atoms with E-state index in [2.05, 4.69) is 22.0 Å². The second-order valence-corrected chi connectivity index (χ2v) is 5.78. The first-order chi connectivity index (χ1) is 11.9. The molecule has 2 aromatic rings. The van der Waals surface area contributed by atoms with Gasteiger partial charge in [-0.05, 0) is 57.4 Å². The molecular weight excluding hydrogens is 390 g/mol. The van der Waals surface area contributed by atoms with Crippen molar-refractivity contribution >= 4 is 39.5 Å². The van der Waals surface area contributed by atoms with Gasteiger partial charge in [0.15, 0.2) is 6.61 Å². The van der Waals surface area contributed by atoms with Gasteiger partial charge >= 0.3 is 11.9 Å². The Morgan fingerprint density at radius 2 is 1.76 bits per heavy atom. The summed E-state index contributed by atoms with van der Waals surface area (Å²) in [6, 6.07) is 13.1. The molecule has 0 radical (unpaired) electrons. The van der Waals surface area contributed by atoms with Gasteiger partial charge in [0, 0.05) is 0 Å². The standard InChI is InChI=1S/C18H12BrNO5/c19-15-8-11(1-6-16(15)25-10-17(21)22)7-14(9-20)12-2-4-13(5-3-12)18(23)24/h1-8H,10H2,(H,21,22)(H,23,24)/b14-7-. The van der Waals surface area contributed by atoms with E-state index in [4.69, 9.17) is 14.9 Å². The summed E-state index contributed by atoms with van der Waals surface area (Å²) >= 11 is 3.30. The van der Waals surface area contributed by atoms with Crippen molar-refractivity contribution in [3.8, 4) is 11.8 Å². The fourth-order valence-electron chi connectivity index (χ4n) is 2.00. The van der Waals surface area contributed by atoms with E-state index in [1.165, 1.54) is 12.1 Å². The fourth-order valence-corrected chi connectivity index (χ4v) is 2.51. The van der Waals surface area contributed by atoms with Gasteiger partial charge in [0.1, 0.15) is 5.75 Å². The second kappa shape index (κ2) is 8.13. The zero-order chi connectivity index (χ0) is 18.4. The summed E-state index contributed by atoms with van der Waals surface area (Å²) in [6.07, 6.45) is 1.64. The molecule has 0 amide bonds. The van der Waals surface area contributed by atoms with Gasteiger partial charge in [-0.25, -0.2) is 9.59 Å². The van der Waals surface area contributed by atoms with Crippen LogP contribution in [-0.2, 0) is 4.79 Å². The van der Waals surface area contributed by atoms with Gasteiger partial charge in [0.25, 0.3) is 0 Å². The topological polar surface area (TPSA) is 108 Å². The molecule has 126 valence electrons. The molecule has 0 aromatic heterocycles. The monoisotopic (exact) mass is 401 g/mol. The Balaban J connectivity index is 2.27. The zero-order valence-electron chi connectivity index (χ0n) is 12.8. The number of ether oxygens (including phenoxy) is 1. The number of benzene rings is 2. The maximum atomic E-state index is 10.9. The normalized spacial score (nSPS) is 10.8. The van der Waals surface area contributed by atoms with Gasteiger partial charge in [-0.2, -0.15) is 5.26 Å². The number of carbonyl (C=O) groups is 2. The Hall–Kier alpha value is -3.11. The third kappa shape index (κ3) is 4.93. The van der Waals surface area contributed by atoms with Gasteiger partial charge in [0.05, 0.1) is 21.7 Å². The van der Waals surface area contributed by atoms with E-state index in [1.807, 2.05) is 0 Å². The predicted octanol–water partition coefficient (Wildman–Crippen LogP) is 3.67. The average molecular weight is 402 g/mol. The lowest BCUT2D eigenvalue weighted by molar-refractivity contribution is -0.139. The van der Waals surface area contributed by atoms with E-state index in [9.17, 15) is 14.9 Å². The lowest BCUT2D eigenvalue weighted by Crippen LogP contribution is -2.09. The van der Waals surface area contributed by atoms with Crippen LogP contribution in [0.5, 0.6) is 5.75 Å². The van der Waals surface area contributed by atoms with Crippen LogP contribution in [0.2, 0.25) is 0 Å². The molecular formula is C18H12BrNO5. The fraction of sp³-hybridized carbons (Fsp3) is 0.0556. The van der Waals surface area contributed by atoms with Crippen molar-refractivity contribution in [1.29, 1.82) is 5.26 Å². The van der Waals surface area contributed by atoms with Crippen LogP contribution in [0.3, 0.4) is 0 Å². The summed E-state index contributed by atoms with van der Waals surface area (Å²) in [5.74, 6) is -1.73. The largest absolute Gasteiger partial charge is 0.481 e. The molecule has 0 unspecified atom stereocenters. The highest BCUT2D eigenvalue weighted by molar-refractivity contribution is 9.10. The molecule has 0 atom stereocenters. The molecule has 0 heterocycles. The van der Waals surface area contributed by atoms with Crippen LogP contribution in [0.4, 0.5) is 0 Å². The van der Waals surface area contributed by atoms with Gasteiger partial charge in [-0.15, -0.1) is 0 Å². The molecule has 7 heteroatoms. The molecule has 2 aromatic carbocycles. The van der Waals surface area contributed by atoms with Crippen molar-refractivity contribution in [2.75, 3.05) is 6.61 Å². The van der Waals surface area contributed by atoms with Crippen LogP contribution in [0.1, 0.15) is 21.5 Å². The van der Waals surface area contributed by atoms with Crippen LogP contribution >= 0.6 is 15.9 Å². The number of carboxylic acids is 2. The molecule has 0 aliphatic rings. The molecule has 0 saturated heterocycles. The summed E-state index contributed by atoms with van der Waals surface area (Å²) in [4.78, 5) is 21.4. The highest BCUT2D eigenvalue weighted by atomic mass is 79.9. The third-order valence-corrected chi connectivity index (χ3v) is 3.80. The minimum atomic E-state index is -1.08. The Morgan fingerprint density at radius 3 is 2.28 bits per heavy atom. The smallest absolute Gasteiger partial charge is 0.341 e. The quantitative estimate of drug-likeness (QED) is 0.564. The molecule has 6 nitrogen and oxygen atoms in total. The number of hydrogen-bond acceptors (Lipinski definition) is 4. The number of carboxylic acid groups (broad SMARTS) is 2. The number of aromatic carboxylic acids is 1. The second-order valence-electron chi connectivity index (χ2n) is 4.92. The zero-order valence-corrected chi connectivity index (χ0v) is 14.4. The summed E-state index contributed by atoms with van der Waals surface area (Å²) in [6.45, 7) is -0.451. The van der Waals surface area contributed by atoms with Crippen molar-refractivity contribution < 1.29 is 24.5 Å². The highest BCUT2D eigenvalue weighted by Gasteiger charge is 2.07. The van der Waals surface area contributed by atoms with Crippen molar-refractivity contribution in [2.24, 2.45) is 0 Å². The van der Waals surface area contributed by atoms with E-state index in [0.29, 0.717) is 26.9 Å². The SMILES string of the molecule is N#C/C(=C/c1ccc(OCC(=O)O)c(Br)c1)c1ccc(C(=O)O)cc1. The van der Waals surface area contributed by atoms with Crippen LogP contribution in [-0.4, -0.2) is 28.8 Å². The summed E-state index contributed by atoms with van der Waals surface area (Å²) in [5.41, 5.74) is 1.80. The molecule has 0 aliphatic heterocycles. The van der Waals surface area contributed by atoms with Crippen molar-refractivity contribution in [3.63, 3.8) is 0 Å². The average Bonchev–Trinajstić information content (AvgIpc) is 2.58. The first kappa shape index (κ1) is 18.2. The van der Waals surface area contributed by atoms with Gasteiger partial charge in [-0.3, -0.25) is 0 Å². The first-order valence-electron chi connectivity index (χ1n) is 7.00. The van der Waals surface area contributed by atoms with Crippen LogP contribution < -0.4 is 4.74 Å². The molecule has 2 N–H and O–H groups in total. The molecule has 0 saturated carbocycles. The molecule has 0 spiro atoms. The maximum Gasteiger partial charge on any atom is 0.341 e. The van der Waals surface area contributed by atoms with Crippen molar-refractivity contribution in [3.05, 3.63) is 63.6 Å². The highest BCUT2D eigenvalue weighted by Crippen LogP contribution is 2.28. The lowest BCUT2D eigenvalue weighted by atomic mass is 10.0. The minimum Gasteiger partial charge on any atom is -0.481 e. The number of halogens is 1. The number of aliphatic carboxylic acids is 1. The summed E-state index contributed by atoms with van der Waals surface area (Å²) < 4.78 is 5.67. The summed E-state index contributed by atoms with van der Waals surface area (Å²) in [5, 5.41) is 26.9. The Labute approximate surface area is 151 Å². The van der Waals surface area contributed by atoms with Crippen LogP contribution in [0, 0.1) is 11.3 Å². The maximum absolute atomic E-state index is 10.9. The predicted molar refractivity (Wildman–Crippen MR) is 94.2 cm³/mol. The Kier molecular flexibility index (Phi) is 5.93. The Bertz CT molecular complexity index is 881. The first-order valence-corrected chi connectivity index (χ1v) is 7.79. The van der Waals surface area contributed by atoms with E-state index >= 15 is 0 Å². The van der Waals surface area contributed by atoms with E-state index < -0.39 is 18.5 Å². The lowest BCUT2D eigenvalue weighted by Gasteiger charge is -2.07. The molecule has 0 fully saturated rings. The van der Waals surface area contributed by atoms with Crippen molar-refractivity contribution in [2.45, 2.75) is 0 Å². The molecule has 25 heavy (non-hydrogen) atoms. The van der Waals surface area contributed by atoms with E-state index in [-0.39, 0.29) is 5.56 Å². The number of nitrogens with zero attached hydrogens (tertiary/aromatic N) is 1. The minimum absolute atomic E-state index is 0.142. The third-order valence-electron chi connectivity index (χ3n) is 3.18. The Morgan fingerprint density at radius 1 is 1.12 bits per heavy atom. The van der Waals surface area contributed by atoms with Crippen LogP contribution in [0.15, 0.2) is 46.9 Å². The van der Waals surface area contributed by atoms with Crippen molar-refractivity contribution in [1.82, 2.24) is 0 Å². The number of rotatable bonds is 6. The molecule has 0 bridgehead atoms. The van der Waals surface area contributed by atoms with Gasteiger partial charge in [0.2, 0.25) is 0 Å². The number of nitriles is 1. The van der Waals surface area contributed by atoms with E-state index in [1.54, 1.807) is 36.4 Å². The number of allylic oxidation sites excluding steroid dienone is 1. The van der Waals surface area contributed by atoms with E-state index in [0.717, 1.165) is 0 Å². The number of hydrogen-bond donors (Lipinski definition) is 2. The van der Waals surface area contributed by atoms with Crippen LogP contribution in [0.25, 0.3) is 11.6 Å². The molecule has 0 aliphatic carbocycles.